The molecule has 0 amide bonds. The Balaban J connectivity index is 1.54. The molecule has 3 aromatic rings. The average Bonchev–Trinajstić information content (AvgIpc) is 3.01. The second-order valence-corrected chi connectivity index (χ2v) is 8.48. The van der Waals surface area contributed by atoms with E-state index in [2.05, 4.69) is 32.4 Å². The number of aryl methyl sites for hydroxylation is 1. The van der Waals surface area contributed by atoms with Crippen LogP contribution in [0.15, 0.2) is 29.2 Å². The number of ether oxygens (including phenoxy) is 2. The number of morpholine rings is 1. The summed E-state index contributed by atoms with van der Waals surface area (Å²) in [7, 11) is 1.76. The molecule has 32 heavy (non-hydrogen) atoms. The number of halogens is 1. The molecule has 5 rings (SSSR count). The van der Waals surface area contributed by atoms with Crippen LogP contribution in [-0.2, 0) is 11.8 Å². The number of fused-ring (bicyclic) bond motifs is 3. The first-order chi connectivity index (χ1) is 15.5. The molecule has 0 spiro atoms. The standard InChI is InChI=1S/C22H25ClN6O3/c1-13-5-8-32-19-18(25-13)15-11-14(3-4-17(15)28(2)21(19)30)26-20-16(23)12-24-22(27-20)29-6-9-31-10-7-29/h3-4,11-13,25H,5-10H2,1-2H3,(H,24,26,27). The zero-order valence-corrected chi connectivity index (χ0v) is 18.8. The second-order valence-electron chi connectivity index (χ2n) is 8.07. The summed E-state index contributed by atoms with van der Waals surface area (Å²) in [5.41, 5.74) is 2.18. The third-order valence-corrected chi connectivity index (χ3v) is 6.11. The molecule has 2 N–H and O–H groups in total. The molecule has 0 bridgehead atoms. The van der Waals surface area contributed by atoms with Gasteiger partial charge in [-0.2, -0.15) is 4.98 Å². The lowest BCUT2D eigenvalue weighted by atomic mass is 10.1. The van der Waals surface area contributed by atoms with E-state index >= 15 is 0 Å². The van der Waals surface area contributed by atoms with Crippen LogP contribution >= 0.6 is 11.6 Å². The van der Waals surface area contributed by atoms with Crippen molar-refractivity contribution in [1.82, 2.24) is 14.5 Å². The van der Waals surface area contributed by atoms with E-state index in [9.17, 15) is 4.79 Å². The summed E-state index contributed by atoms with van der Waals surface area (Å²) in [4.78, 5) is 23.9. The number of aromatic nitrogens is 3. The van der Waals surface area contributed by atoms with Gasteiger partial charge in [-0.1, -0.05) is 11.6 Å². The van der Waals surface area contributed by atoms with Crippen LogP contribution in [0.1, 0.15) is 13.3 Å². The van der Waals surface area contributed by atoms with Crippen LogP contribution in [0, 0.1) is 0 Å². The molecule has 4 heterocycles. The fourth-order valence-corrected chi connectivity index (χ4v) is 4.17. The number of anilines is 4. The second kappa shape index (κ2) is 8.48. The first-order valence-electron chi connectivity index (χ1n) is 10.7. The van der Waals surface area contributed by atoms with Gasteiger partial charge in [-0.3, -0.25) is 4.79 Å². The third kappa shape index (κ3) is 3.82. The number of hydrogen-bond acceptors (Lipinski definition) is 8. The Morgan fingerprint density at radius 3 is 2.88 bits per heavy atom. The van der Waals surface area contributed by atoms with Gasteiger partial charge < -0.3 is 29.6 Å². The highest BCUT2D eigenvalue weighted by atomic mass is 35.5. The maximum Gasteiger partial charge on any atom is 0.295 e. The highest BCUT2D eigenvalue weighted by Crippen LogP contribution is 2.35. The van der Waals surface area contributed by atoms with Crippen LogP contribution in [-0.4, -0.2) is 53.5 Å². The van der Waals surface area contributed by atoms with Crippen molar-refractivity contribution in [3.8, 4) is 5.75 Å². The molecule has 2 aliphatic rings. The first kappa shape index (κ1) is 20.8. The third-order valence-electron chi connectivity index (χ3n) is 5.83. The van der Waals surface area contributed by atoms with Crippen LogP contribution < -0.4 is 25.8 Å². The maximum absolute atomic E-state index is 12.8. The van der Waals surface area contributed by atoms with Gasteiger partial charge in [-0.15, -0.1) is 0 Å². The molecule has 1 atom stereocenters. The molecule has 2 aromatic heterocycles. The predicted octanol–water partition coefficient (Wildman–Crippen LogP) is 3.15. The number of hydrogen-bond donors (Lipinski definition) is 2. The van der Waals surface area contributed by atoms with Crippen LogP contribution in [0.3, 0.4) is 0 Å². The highest BCUT2D eigenvalue weighted by molar-refractivity contribution is 6.32. The molecular weight excluding hydrogens is 432 g/mol. The van der Waals surface area contributed by atoms with Crippen molar-refractivity contribution in [2.24, 2.45) is 7.05 Å². The number of nitrogens with one attached hydrogen (secondary N) is 2. The Morgan fingerprint density at radius 1 is 1.25 bits per heavy atom. The lowest BCUT2D eigenvalue weighted by Crippen LogP contribution is -2.37. The van der Waals surface area contributed by atoms with Crippen molar-refractivity contribution in [1.29, 1.82) is 0 Å². The largest absolute Gasteiger partial charge is 0.486 e. The smallest absolute Gasteiger partial charge is 0.295 e. The molecule has 1 fully saturated rings. The number of nitrogens with zero attached hydrogens (tertiary/aromatic N) is 4. The van der Waals surface area contributed by atoms with Crippen molar-refractivity contribution in [2.75, 3.05) is 48.4 Å². The quantitative estimate of drug-likeness (QED) is 0.620. The summed E-state index contributed by atoms with van der Waals surface area (Å²) >= 11 is 6.40. The van der Waals surface area contributed by atoms with E-state index in [1.165, 1.54) is 0 Å². The Labute approximate surface area is 190 Å². The van der Waals surface area contributed by atoms with Crippen molar-refractivity contribution in [2.45, 2.75) is 19.4 Å². The van der Waals surface area contributed by atoms with E-state index in [0.717, 1.165) is 41.8 Å². The van der Waals surface area contributed by atoms with E-state index in [4.69, 9.17) is 21.1 Å². The van der Waals surface area contributed by atoms with E-state index in [0.29, 0.717) is 42.4 Å². The molecule has 168 valence electrons. The number of pyridine rings is 1. The van der Waals surface area contributed by atoms with Crippen molar-refractivity contribution in [3.63, 3.8) is 0 Å². The minimum absolute atomic E-state index is 0.149. The van der Waals surface area contributed by atoms with Gasteiger partial charge in [0.25, 0.3) is 5.56 Å². The highest BCUT2D eigenvalue weighted by Gasteiger charge is 2.22. The molecule has 1 saturated heterocycles. The van der Waals surface area contributed by atoms with Gasteiger partial charge in [-0.25, -0.2) is 4.98 Å². The lowest BCUT2D eigenvalue weighted by Gasteiger charge is -2.27. The van der Waals surface area contributed by atoms with Gasteiger partial charge in [-0.05, 0) is 25.1 Å². The SMILES string of the molecule is CC1CCOc2c(c3cc(Nc4nc(N5CCOCC5)ncc4Cl)ccc3n(C)c2=O)N1. The van der Waals surface area contributed by atoms with Crippen LogP contribution in [0.25, 0.3) is 10.9 Å². The Bertz CT molecular complexity index is 1220. The summed E-state index contributed by atoms with van der Waals surface area (Å²) in [6, 6.07) is 5.99. The fraction of sp³-hybridized carbons (Fsp3) is 0.409. The van der Waals surface area contributed by atoms with E-state index in [1.807, 2.05) is 18.2 Å². The number of benzene rings is 1. The zero-order chi connectivity index (χ0) is 22.2. The Hall–Kier alpha value is -3.04. The molecular formula is C22H25ClN6O3. The van der Waals surface area contributed by atoms with Crippen LogP contribution in [0.2, 0.25) is 5.02 Å². The van der Waals surface area contributed by atoms with Crippen LogP contribution in [0.5, 0.6) is 5.75 Å². The monoisotopic (exact) mass is 456 g/mol. The van der Waals surface area contributed by atoms with Crippen molar-refractivity contribution < 1.29 is 9.47 Å². The summed E-state index contributed by atoms with van der Waals surface area (Å²) < 4.78 is 12.9. The molecule has 9 nitrogen and oxygen atoms in total. The van der Waals surface area contributed by atoms with E-state index in [-0.39, 0.29) is 11.6 Å². The molecule has 1 aromatic carbocycles. The van der Waals surface area contributed by atoms with Gasteiger partial charge in [0.15, 0.2) is 5.82 Å². The molecule has 2 aliphatic heterocycles. The first-order valence-corrected chi connectivity index (χ1v) is 11.1. The molecule has 10 heteroatoms. The lowest BCUT2D eigenvalue weighted by molar-refractivity contribution is 0.122. The minimum Gasteiger partial charge on any atom is -0.486 e. The molecule has 0 radical (unpaired) electrons. The molecule has 0 saturated carbocycles. The summed E-state index contributed by atoms with van der Waals surface area (Å²) in [5.74, 6) is 1.49. The van der Waals surface area contributed by atoms with Gasteiger partial charge in [0, 0.05) is 43.7 Å². The van der Waals surface area contributed by atoms with Gasteiger partial charge >= 0.3 is 0 Å². The Morgan fingerprint density at radius 2 is 2.06 bits per heavy atom. The van der Waals surface area contributed by atoms with Gasteiger partial charge in [0.05, 0.1) is 37.2 Å². The topological polar surface area (TPSA) is 93.5 Å². The van der Waals surface area contributed by atoms with Crippen LogP contribution in [0.4, 0.5) is 23.1 Å². The summed E-state index contributed by atoms with van der Waals surface area (Å²) in [6.07, 6.45) is 2.42. The zero-order valence-electron chi connectivity index (χ0n) is 18.0. The maximum atomic E-state index is 12.8. The van der Waals surface area contributed by atoms with E-state index < -0.39 is 0 Å². The predicted molar refractivity (Wildman–Crippen MR) is 126 cm³/mol. The normalized spacial score (nSPS) is 18.5. The van der Waals surface area contributed by atoms with Crippen molar-refractivity contribution in [3.05, 3.63) is 39.8 Å². The average molecular weight is 457 g/mol. The Kier molecular flexibility index (Phi) is 5.52. The van der Waals surface area contributed by atoms with E-state index in [1.54, 1.807) is 17.8 Å². The molecule has 1 unspecified atom stereocenters. The van der Waals surface area contributed by atoms with Gasteiger partial charge in [0.1, 0.15) is 5.02 Å². The number of rotatable bonds is 3. The summed E-state index contributed by atoms with van der Waals surface area (Å²) in [5, 5.41) is 8.08. The summed E-state index contributed by atoms with van der Waals surface area (Å²) in [6.45, 7) is 5.36. The fourth-order valence-electron chi connectivity index (χ4n) is 4.03. The van der Waals surface area contributed by atoms with Gasteiger partial charge in [0.2, 0.25) is 11.7 Å². The van der Waals surface area contributed by atoms with Crippen molar-refractivity contribution >= 4 is 45.6 Å². The minimum atomic E-state index is -0.149. The molecule has 0 aliphatic carbocycles.